The fourth-order valence-corrected chi connectivity index (χ4v) is 3.03. The fourth-order valence-electron chi connectivity index (χ4n) is 3.03. The van der Waals surface area contributed by atoms with Crippen LogP contribution in [0.1, 0.15) is 12.0 Å². The largest absolute Gasteiger partial charge is 0.385 e. The number of carbonyl (C=O) groups excluding carboxylic acids is 1. The molecule has 1 aliphatic rings. The van der Waals surface area contributed by atoms with Gasteiger partial charge in [-0.1, -0.05) is 0 Å². The first-order chi connectivity index (χ1) is 13.1. The zero-order chi connectivity index (χ0) is 19.1. The van der Waals surface area contributed by atoms with Crippen LogP contribution in [0, 0.1) is 11.3 Å². The van der Waals surface area contributed by atoms with Gasteiger partial charge < -0.3 is 20.4 Å². The van der Waals surface area contributed by atoms with Gasteiger partial charge in [-0.2, -0.15) is 5.26 Å². The molecule has 2 N–H and O–H groups in total. The highest BCUT2D eigenvalue weighted by Crippen LogP contribution is 2.19. The zero-order valence-electron chi connectivity index (χ0n) is 15.6. The van der Waals surface area contributed by atoms with E-state index in [-0.39, 0.29) is 5.91 Å². The second kappa shape index (κ2) is 9.06. The molecule has 0 unspecified atom stereocenters. The quantitative estimate of drug-likeness (QED) is 0.826. The Morgan fingerprint density at radius 1 is 1.00 bits per heavy atom. The maximum atomic E-state index is 12.1. The number of carbonyl (C=O) groups is 1. The molecule has 27 heavy (non-hydrogen) atoms. The summed E-state index contributed by atoms with van der Waals surface area (Å²) in [5, 5.41) is 14.9. The van der Waals surface area contributed by atoms with Crippen molar-refractivity contribution in [3.8, 4) is 6.07 Å². The van der Waals surface area contributed by atoms with Crippen LogP contribution in [0.25, 0.3) is 0 Å². The van der Waals surface area contributed by atoms with Crippen molar-refractivity contribution in [1.82, 2.24) is 4.90 Å². The van der Waals surface area contributed by atoms with Crippen LogP contribution in [-0.4, -0.2) is 50.6 Å². The highest BCUT2D eigenvalue weighted by molar-refractivity contribution is 5.91. The minimum atomic E-state index is -0.0245. The Labute approximate surface area is 160 Å². The lowest BCUT2D eigenvalue weighted by atomic mass is 10.2. The van der Waals surface area contributed by atoms with Gasteiger partial charge in [0.25, 0.3) is 0 Å². The first kappa shape index (κ1) is 18.7. The van der Waals surface area contributed by atoms with Crippen LogP contribution < -0.4 is 15.5 Å². The number of piperazine rings is 1. The van der Waals surface area contributed by atoms with E-state index in [2.05, 4.69) is 45.7 Å². The number of likely N-dealkylation sites (N-methyl/N-ethyl adjacent to an activating group) is 1. The Morgan fingerprint density at radius 3 is 2.26 bits per heavy atom. The van der Waals surface area contributed by atoms with Gasteiger partial charge in [-0.05, 0) is 55.6 Å². The lowest BCUT2D eigenvalue weighted by molar-refractivity contribution is -0.115. The van der Waals surface area contributed by atoms with Crippen LogP contribution in [0.3, 0.4) is 0 Å². The fraction of sp³-hybridized carbons (Fsp3) is 0.333. The molecule has 0 radical (unpaired) electrons. The van der Waals surface area contributed by atoms with Gasteiger partial charge in [0.2, 0.25) is 5.91 Å². The number of hydrogen-bond donors (Lipinski definition) is 2. The summed E-state index contributed by atoms with van der Waals surface area (Å²) < 4.78 is 0. The third kappa shape index (κ3) is 5.47. The van der Waals surface area contributed by atoms with Crippen molar-refractivity contribution in [2.24, 2.45) is 0 Å². The number of hydrogen-bond acceptors (Lipinski definition) is 5. The standard InChI is InChI=1S/C21H25N5O/c1-25-12-14-26(15-13-25)20-8-6-19(7-9-20)24-21(27)10-11-23-18-4-2-17(16-22)3-5-18/h2-9,23H,10-15H2,1H3,(H,24,27). The number of amides is 1. The molecule has 0 bridgehead atoms. The molecule has 1 amide bonds. The van der Waals surface area contributed by atoms with Gasteiger partial charge in [0.15, 0.2) is 0 Å². The summed E-state index contributed by atoms with van der Waals surface area (Å²) in [4.78, 5) is 16.8. The minimum absolute atomic E-state index is 0.0245. The second-order valence-corrected chi connectivity index (χ2v) is 6.75. The molecule has 0 aliphatic carbocycles. The molecule has 0 saturated carbocycles. The van der Waals surface area contributed by atoms with Crippen molar-refractivity contribution >= 4 is 23.0 Å². The molecule has 3 rings (SSSR count). The van der Waals surface area contributed by atoms with Gasteiger partial charge in [0.1, 0.15) is 0 Å². The van der Waals surface area contributed by atoms with Crippen LogP contribution >= 0.6 is 0 Å². The minimum Gasteiger partial charge on any atom is -0.385 e. The topological polar surface area (TPSA) is 71.4 Å². The van der Waals surface area contributed by atoms with Crippen LogP contribution in [0.2, 0.25) is 0 Å². The number of anilines is 3. The Balaban J connectivity index is 1.43. The van der Waals surface area contributed by atoms with E-state index < -0.39 is 0 Å². The number of nitrogens with one attached hydrogen (secondary N) is 2. The van der Waals surface area contributed by atoms with E-state index >= 15 is 0 Å². The average molecular weight is 363 g/mol. The number of benzene rings is 2. The van der Waals surface area contributed by atoms with E-state index in [1.807, 2.05) is 24.3 Å². The van der Waals surface area contributed by atoms with Gasteiger partial charge in [-0.25, -0.2) is 0 Å². The van der Waals surface area contributed by atoms with Crippen molar-refractivity contribution in [2.75, 3.05) is 55.3 Å². The van der Waals surface area contributed by atoms with Crippen molar-refractivity contribution in [2.45, 2.75) is 6.42 Å². The van der Waals surface area contributed by atoms with Gasteiger partial charge in [0, 0.05) is 56.2 Å². The van der Waals surface area contributed by atoms with Gasteiger partial charge >= 0.3 is 0 Å². The molecule has 1 heterocycles. The summed E-state index contributed by atoms with van der Waals surface area (Å²) in [5.74, 6) is -0.0245. The Morgan fingerprint density at radius 2 is 1.63 bits per heavy atom. The SMILES string of the molecule is CN1CCN(c2ccc(NC(=O)CCNc3ccc(C#N)cc3)cc2)CC1. The maximum absolute atomic E-state index is 12.1. The van der Waals surface area contributed by atoms with E-state index in [0.29, 0.717) is 18.5 Å². The van der Waals surface area contributed by atoms with Crippen LogP contribution in [0.15, 0.2) is 48.5 Å². The van der Waals surface area contributed by atoms with Crippen molar-refractivity contribution in [1.29, 1.82) is 5.26 Å². The first-order valence-corrected chi connectivity index (χ1v) is 9.21. The van der Waals surface area contributed by atoms with Gasteiger partial charge in [-0.15, -0.1) is 0 Å². The molecule has 1 fully saturated rings. The number of nitriles is 1. The van der Waals surface area contributed by atoms with Gasteiger partial charge in [0.05, 0.1) is 11.6 Å². The molecule has 1 saturated heterocycles. The van der Waals surface area contributed by atoms with Crippen molar-refractivity contribution in [3.63, 3.8) is 0 Å². The van der Waals surface area contributed by atoms with E-state index in [1.54, 1.807) is 12.1 Å². The summed E-state index contributed by atoms with van der Waals surface area (Å²) in [7, 11) is 2.15. The van der Waals surface area contributed by atoms with Crippen LogP contribution in [0.5, 0.6) is 0 Å². The van der Waals surface area contributed by atoms with E-state index in [4.69, 9.17) is 5.26 Å². The highest BCUT2D eigenvalue weighted by Gasteiger charge is 2.14. The molecule has 2 aromatic rings. The van der Waals surface area contributed by atoms with Crippen molar-refractivity contribution in [3.05, 3.63) is 54.1 Å². The molecule has 1 aliphatic heterocycles. The molecule has 0 aromatic heterocycles. The average Bonchev–Trinajstić information content (AvgIpc) is 2.70. The summed E-state index contributed by atoms with van der Waals surface area (Å²) in [6.07, 6.45) is 0.375. The summed E-state index contributed by atoms with van der Waals surface area (Å²) in [5.41, 5.74) is 3.54. The normalized spacial score (nSPS) is 14.4. The number of rotatable bonds is 6. The smallest absolute Gasteiger partial charge is 0.226 e. The maximum Gasteiger partial charge on any atom is 0.226 e. The third-order valence-electron chi connectivity index (χ3n) is 4.71. The zero-order valence-corrected chi connectivity index (χ0v) is 15.6. The van der Waals surface area contributed by atoms with E-state index in [1.165, 1.54) is 5.69 Å². The summed E-state index contributed by atoms with van der Waals surface area (Å²) in [6, 6.07) is 17.3. The third-order valence-corrected chi connectivity index (χ3v) is 4.71. The van der Waals surface area contributed by atoms with Crippen LogP contribution in [-0.2, 0) is 4.79 Å². The monoisotopic (exact) mass is 363 g/mol. The lowest BCUT2D eigenvalue weighted by Gasteiger charge is -2.34. The predicted octanol–water partition coefficient (Wildman–Crippen LogP) is 2.75. The van der Waals surface area contributed by atoms with Crippen LogP contribution in [0.4, 0.5) is 17.1 Å². The molecule has 6 nitrogen and oxygen atoms in total. The Hall–Kier alpha value is -3.04. The Bertz CT molecular complexity index is 787. The van der Waals surface area contributed by atoms with Gasteiger partial charge in [-0.3, -0.25) is 4.79 Å². The molecule has 6 heteroatoms. The molecule has 0 atom stereocenters. The molecular weight excluding hydrogens is 338 g/mol. The van der Waals surface area contributed by atoms with Crippen molar-refractivity contribution < 1.29 is 4.79 Å². The lowest BCUT2D eigenvalue weighted by Crippen LogP contribution is -2.44. The Kier molecular flexibility index (Phi) is 6.29. The summed E-state index contributed by atoms with van der Waals surface area (Å²) >= 11 is 0. The summed E-state index contributed by atoms with van der Waals surface area (Å²) in [6.45, 7) is 4.75. The number of nitrogens with zero attached hydrogens (tertiary/aromatic N) is 3. The van der Waals surface area contributed by atoms with E-state index in [0.717, 1.165) is 37.6 Å². The molecule has 0 spiro atoms. The van der Waals surface area contributed by atoms with E-state index in [9.17, 15) is 4.79 Å². The first-order valence-electron chi connectivity index (χ1n) is 9.21. The molecule has 2 aromatic carbocycles. The highest BCUT2D eigenvalue weighted by atomic mass is 16.1. The molecule has 140 valence electrons. The second-order valence-electron chi connectivity index (χ2n) is 6.75. The molecular formula is C21H25N5O. The predicted molar refractivity (Wildman–Crippen MR) is 109 cm³/mol.